The Hall–Kier alpha value is -1.52. The van der Waals surface area contributed by atoms with Gasteiger partial charge in [-0.3, -0.25) is 4.57 Å². The van der Waals surface area contributed by atoms with Gasteiger partial charge in [0.2, 0.25) is 0 Å². The van der Waals surface area contributed by atoms with Gasteiger partial charge in [0, 0.05) is 13.3 Å². The molecule has 118 valence electrons. The normalized spacial score (nSPS) is 30.5. The summed E-state index contributed by atoms with van der Waals surface area (Å²) in [5.74, 6) is 0.0798. The van der Waals surface area contributed by atoms with Gasteiger partial charge >= 0.3 is 5.69 Å². The summed E-state index contributed by atoms with van der Waals surface area (Å²) in [7, 11) is 1.45. The topological polar surface area (TPSA) is 129 Å². The first kappa shape index (κ1) is 15.9. The van der Waals surface area contributed by atoms with Crippen molar-refractivity contribution in [3.63, 3.8) is 0 Å². The maximum absolute atomic E-state index is 11.9. The number of hydrogen-bond acceptors (Lipinski definition) is 8. The van der Waals surface area contributed by atoms with Crippen molar-refractivity contribution in [3.8, 4) is 0 Å². The van der Waals surface area contributed by atoms with Crippen molar-refractivity contribution in [1.29, 1.82) is 0 Å². The van der Waals surface area contributed by atoms with Gasteiger partial charge in [-0.05, 0) is 13.0 Å². The summed E-state index contributed by atoms with van der Waals surface area (Å²) in [5.41, 5.74) is 4.80. The molecule has 5 atom stereocenters. The molecule has 2 heterocycles. The van der Waals surface area contributed by atoms with Gasteiger partial charge in [-0.15, -0.1) is 0 Å². The second kappa shape index (κ2) is 6.50. The number of methoxy groups -OCH3 is 1. The van der Waals surface area contributed by atoms with E-state index < -0.39 is 43.1 Å². The predicted octanol–water partition coefficient (Wildman–Crippen LogP) is -1.55. The molecule has 0 aromatic carbocycles. The van der Waals surface area contributed by atoms with E-state index in [-0.39, 0.29) is 5.82 Å². The Kier molecular flexibility index (Phi) is 4.91. The Morgan fingerprint density at radius 2 is 2.33 bits per heavy atom. The summed E-state index contributed by atoms with van der Waals surface area (Å²) in [6.07, 6.45) is -3.02. The number of ether oxygens (including phenoxy) is 3. The van der Waals surface area contributed by atoms with Crippen LogP contribution >= 0.6 is 0 Å². The van der Waals surface area contributed by atoms with Crippen LogP contribution in [0.5, 0.6) is 0 Å². The molecule has 0 amide bonds. The molecule has 1 saturated heterocycles. The van der Waals surface area contributed by atoms with Crippen molar-refractivity contribution >= 4 is 5.82 Å². The van der Waals surface area contributed by atoms with Crippen molar-refractivity contribution in [1.82, 2.24) is 9.55 Å². The minimum absolute atomic E-state index is 0.0798. The molecule has 1 unspecified atom stereocenters. The Labute approximate surface area is 120 Å². The van der Waals surface area contributed by atoms with Gasteiger partial charge in [0.15, 0.2) is 12.5 Å². The molecule has 0 bridgehead atoms. The van der Waals surface area contributed by atoms with Crippen LogP contribution in [0.2, 0.25) is 0 Å². The molecule has 0 aliphatic carbocycles. The van der Waals surface area contributed by atoms with Crippen molar-refractivity contribution in [3.05, 3.63) is 22.7 Å². The van der Waals surface area contributed by atoms with Crippen LogP contribution in [0.3, 0.4) is 0 Å². The van der Waals surface area contributed by atoms with E-state index >= 15 is 0 Å². The van der Waals surface area contributed by atoms with Crippen molar-refractivity contribution in [2.45, 2.75) is 37.8 Å². The van der Waals surface area contributed by atoms with Gasteiger partial charge < -0.3 is 30.2 Å². The number of aliphatic hydroxyl groups excluding tert-OH is 2. The second-order valence-electron chi connectivity index (χ2n) is 4.68. The van der Waals surface area contributed by atoms with E-state index in [1.165, 1.54) is 19.4 Å². The highest BCUT2D eigenvalue weighted by atomic mass is 16.7. The number of nitrogens with two attached hydrogens (primary N) is 1. The van der Waals surface area contributed by atoms with Gasteiger partial charge in [0.05, 0.1) is 6.61 Å². The second-order valence-corrected chi connectivity index (χ2v) is 4.68. The lowest BCUT2D eigenvalue weighted by atomic mass is 10.1. The molecule has 9 heteroatoms. The number of nitrogen functional groups attached to an aromatic ring is 1. The highest BCUT2D eigenvalue weighted by Crippen LogP contribution is 2.31. The highest BCUT2D eigenvalue weighted by molar-refractivity contribution is 5.23. The molecule has 2 rings (SSSR count). The third-order valence-corrected chi connectivity index (χ3v) is 3.30. The van der Waals surface area contributed by atoms with E-state index in [0.717, 1.165) is 4.57 Å². The van der Waals surface area contributed by atoms with E-state index in [2.05, 4.69) is 4.98 Å². The fourth-order valence-corrected chi connectivity index (χ4v) is 2.14. The number of nitrogens with zero attached hydrogens (tertiary/aromatic N) is 2. The van der Waals surface area contributed by atoms with Crippen LogP contribution in [0.1, 0.15) is 13.2 Å². The smallest absolute Gasteiger partial charge is 0.351 e. The van der Waals surface area contributed by atoms with E-state index in [1.54, 1.807) is 6.92 Å². The fraction of sp³-hybridized carbons (Fsp3) is 0.667. The van der Waals surface area contributed by atoms with E-state index in [4.69, 9.17) is 19.9 Å². The summed E-state index contributed by atoms with van der Waals surface area (Å²) in [6.45, 7) is 1.23. The lowest BCUT2D eigenvalue weighted by Crippen LogP contribution is -2.40. The van der Waals surface area contributed by atoms with Gasteiger partial charge in [-0.2, -0.15) is 4.98 Å². The Bertz CT molecular complexity index is 536. The molecule has 0 saturated carbocycles. The van der Waals surface area contributed by atoms with Gasteiger partial charge in [-0.25, -0.2) is 4.79 Å². The van der Waals surface area contributed by atoms with E-state index in [9.17, 15) is 15.0 Å². The summed E-state index contributed by atoms with van der Waals surface area (Å²) >= 11 is 0. The molecular formula is C12H19N3O6. The van der Waals surface area contributed by atoms with Crippen LogP contribution in [0, 0.1) is 0 Å². The predicted molar refractivity (Wildman–Crippen MR) is 71.3 cm³/mol. The third-order valence-electron chi connectivity index (χ3n) is 3.30. The molecule has 1 aromatic heterocycles. The van der Waals surface area contributed by atoms with Crippen LogP contribution in [-0.2, 0) is 14.2 Å². The average Bonchev–Trinajstić information content (AvgIpc) is 2.76. The molecule has 4 N–H and O–H groups in total. The fourth-order valence-electron chi connectivity index (χ4n) is 2.14. The summed E-state index contributed by atoms with van der Waals surface area (Å²) in [5, 5.41) is 19.4. The maximum atomic E-state index is 11.9. The summed E-state index contributed by atoms with van der Waals surface area (Å²) < 4.78 is 17.2. The molecule has 1 aromatic rings. The molecule has 0 spiro atoms. The van der Waals surface area contributed by atoms with Crippen molar-refractivity contribution in [2.75, 3.05) is 19.5 Å². The standard InChI is InChI=1S/C12H19N3O6/c1-6(19-2)20-10-9(17)7(5-16)21-11(10)15-4-3-8(13)14-12(15)18/h3-4,6-7,9-11,16-17H,5H2,1-2H3,(H2,13,14,18)/t6?,7-,9-,10-,11-/m1/s1. The largest absolute Gasteiger partial charge is 0.394 e. The number of aliphatic hydroxyl groups is 2. The molecule has 0 radical (unpaired) electrons. The minimum atomic E-state index is -1.11. The summed E-state index contributed by atoms with van der Waals surface area (Å²) in [4.78, 5) is 15.5. The Balaban J connectivity index is 2.31. The first-order valence-corrected chi connectivity index (χ1v) is 6.45. The maximum Gasteiger partial charge on any atom is 0.351 e. The zero-order valence-corrected chi connectivity index (χ0v) is 11.7. The lowest BCUT2D eigenvalue weighted by Gasteiger charge is -2.24. The Morgan fingerprint density at radius 1 is 1.62 bits per heavy atom. The summed E-state index contributed by atoms with van der Waals surface area (Å²) in [6, 6.07) is 1.43. The van der Waals surface area contributed by atoms with Gasteiger partial charge in [-0.1, -0.05) is 0 Å². The van der Waals surface area contributed by atoms with Crippen LogP contribution in [0.25, 0.3) is 0 Å². The molecule has 21 heavy (non-hydrogen) atoms. The number of rotatable bonds is 5. The lowest BCUT2D eigenvalue weighted by molar-refractivity contribution is -0.182. The average molecular weight is 301 g/mol. The minimum Gasteiger partial charge on any atom is -0.394 e. The van der Waals surface area contributed by atoms with Crippen LogP contribution < -0.4 is 11.4 Å². The molecule has 1 aliphatic heterocycles. The quantitative estimate of drug-likeness (QED) is 0.558. The number of anilines is 1. The highest BCUT2D eigenvalue weighted by Gasteiger charge is 2.46. The molecule has 9 nitrogen and oxygen atoms in total. The first-order valence-electron chi connectivity index (χ1n) is 6.45. The van der Waals surface area contributed by atoms with Gasteiger partial charge in [0.1, 0.15) is 24.1 Å². The van der Waals surface area contributed by atoms with Crippen molar-refractivity contribution in [2.24, 2.45) is 0 Å². The molecule has 1 aliphatic rings. The number of aromatic nitrogens is 2. The van der Waals surface area contributed by atoms with Crippen LogP contribution in [0.4, 0.5) is 5.82 Å². The van der Waals surface area contributed by atoms with E-state index in [0.29, 0.717) is 0 Å². The molecular weight excluding hydrogens is 282 g/mol. The van der Waals surface area contributed by atoms with Crippen LogP contribution in [-0.4, -0.2) is 58.1 Å². The number of hydrogen-bond donors (Lipinski definition) is 3. The zero-order valence-electron chi connectivity index (χ0n) is 11.7. The zero-order chi connectivity index (χ0) is 15.6. The third kappa shape index (κ3) is 3.22. The van der Waals surface area contributed by atoms with E-state index in [1.807, 2.05) is 0 Å². The van der Waals surface area contributed by atoms with Crippen molar-refractivity contribution < 1.29 is 24.4 Å². The monoisotopic (exact) mass is 301 g/mol. The van der Waals surface area contributed by atoms with Gasteiger partial charge in [0.25, 0.3) is 0 Å². The first-order chi connectivity index (χ1) is 9.97. The Morgan fingerprint density at radius 3 is 2.90 bits per heavy atom. The van der Waals surface area contributed by atoms with Crippen LogP contribution in [0.15, 0.2) is 17.1 Å². The molecule has 1 fully saturated rings. The SMILES string of the molecule is COC(C)O[C@@H]1[C@H](O)[C@@H](CO)O[C@H]1n1ccc(N)nc1=O.